The highest BCUT2D eigenvalue weighted by atomic mass is 32.2. The maximum atomic E-state index is 13.2. The molecule has 0 unspecified atom stereocenters. The summed E-state index contributed by atoms with van der Waals surface area (Å²) in [4.78, 5) is 23.6. The van der Waals surface area contributed by atoms with Crippen LogP contribution in [-0.2, 0) is 35.6 Å². The smallest absolute Gasteiger partial charge is 0.330 e. The van der Waals surface area contributed by atoms with Gasteiger partial charge in [0.15, 0.2) is 0 Å². The number of carbonyl (C=O) groups is 2. The number of ether oxygens (including phenoxy) is 2. The summed E-state index contributed by atoms with van der Waals surface area (Å²) < 4.78 is 37.0. The Labute approximate surface area is 169 Å². The molecular formula is C21H21NO6S. The first-order valence-electron chi connectivity index (χ1n) is 8.90. The number of hydrogen-bond acceptors (Lipinski definition) is 6. The van der Waals surface area contributed by atoms with Crippen LogP contribution in [0.5, 0.6) is 0 Å². The molecule has 0 radical (unpaired) electrons. The molecule has 0 spiro atoms. The Morgan fingerprint density at radius 1 is 1.03 bits per heavy atom. The van der Waals surface area contributed by atoms with Crippen LogP contribution in [0.1, 0.15) is 29.2 Å². The van der Waals surface area contributed by atoms with E-state index >= 15 is 0 Å². The van der Waals surface area contributed by atoms with Crippen LogP contribution >= 0.6 is 0 Å². The van der Waals surface area contributed by atoms with Crippen molar-refractivity contribution < 1.29 is 27.5 Å². The molecule has 7 nitrogen and oxygen atoms in total. The molecule has 0 amide bonds. The van der Waals surface area contributed by atoms with Gasteiger partial charge in [-0.1, -0.05) is 42.5 Å². The number of nitrogens with zero attached hydrogens (tertiary/aromatic N) is 1. The van der Waals surface area contributed by atoms with E-state index in [1.165, 1.54) is 30.7 Å². The first-order chi connectivity index (χ1) is 13.9. The highest BCUT2D eigenvalue weighted by Gasteiger charge is 2.43. The molecule has 2 aromatic carbocycles. The number of hydrogen-bond donors (Lipinski definition) is 0. The number of methoxy groups -OCH3 is 2. The summed E-state index contributed by atoms with van der Waals surface area (Å²) in [7, 11) is -1.24. The third-order valence-corrected chi connectivity index (χ3v) is 6.71. The summed E-state index contributed by atoms with van der Waals surface area (Å²) in [6.45, 7) is 0.0420. The van der Waals surface area contributed by atoms with Gasteiger partial charge in [0, 0.05) is 12.6 Å². The number of carbonyl (C=O) groups excluding carboxylic acids is 2. The Morgan fingerprint density at radius 2 is 1.72 bits per heavy atom. The zero-order valence-electron chi connectivity index (χ0n) is 16.1. The van der Waals surface area contributed by atoms with Gasteiger partial charge in [-0.05, 0) is 28.8 Å². The van der Waals surface area contributed by atoms with E-state index in [0.29, 0.717) is 16.7 Å². The van der Waals surface area contributed by atoms with Crippen molar-refractivity contribution in [3.63, 3.8) is 0 Å². The minimum Gasteiger partial charge on any atom is -0.469 e. The molecule has 0 aromatic heterocycles. The molecule has 1 heterocycles. The second-order valence-corrected chi connectivity index (χ2v) is 8.30. The first kappa shape index (κ1) is 20.8. The fourth-order valence-corrected chi connectivity index (χ4v) is 5.16. The lowest BCUT2D eigenvalue weighted by atomic mass is 10.0. The van der Waals surface area contributed by atoms with Crippen molar-refractivity contribution in [2.45, 2.75) is 23.9 Å². The number of esters is 2. The molecule has 29 heavy (non-hydrogen) atoms. The van der Waals surface area contributed by atoms with Crippen molar-refractivity contribution in [2.75, 3.05) is 14.2 Å². The lowest BCUT2D eigenvalue weighted by molar-refractivity contribution is -0.141. The minimum absolute atomic E-state index is 0.0420. The molecule has 0 saturated carbocycles. The summed E-state index contributed by atoms with van der Waals surface area (Å²) >= 11 is 0. The van der Waals surface area contributed by atoms with Crippen LogP contribution in [0.25, 0.3) is 6.08 Å². The van der Waals surface area contributed by atoms with Crippen LogP contribution in [0.15, 0.2) is 59.5 Å². The molecule has 0 aliphatic carbocycles. The monoisotopic (exact) mass is 415 g/mol. The summed E-state index contributed by atoms with van der Waals surface area (Å²) in [5.74, 6) is -1.00. The molecule has 3 rings (SSSR count). The molecule has 2 aromatic rings. The molecule has 0 bridgehead atoms. The molecule has 0 fully saturated rings. The van der Waals surface area contributed by atoms with Crippen LogP contribution in [-0.4, -0.2) is 38.9 Å². The maximum Gasteiger partial charge on any atom is 0.330 e. The van der Waals surface area contributed by atoms with E-state index in [9.17, 15) is 18.0 Å². The predicted octanol–water partition coefficient (Wildman–Crippen LogP) is 2.68. The van der Waals surface area contributed by atoms with E-state index in [1.54, 1.807) is 48.5 Å². The van der Waals surface area contributed by atoms with Crippen molar-refractivity contribution in [1.29, 1.82) is 0 Å². The third kappa shape index (κ3) is 4.23. The van der Waals surface area contributed by atoms with Gasteiger partial charge in [-0.3, -0.25) is 4.79 Å². The van der Waals surface area contributed by atoms with Gasteiger partial charge in [0.2, 0.25) is 10.0 Å². The number of sulfonamides is 1. The van der Waals surface area contributed by atoms with Crippen molar-refractivity contribution >= 4 is 28.0 Å². The number of benzene rings is 2. The predicted molar refractivity (Wildman–Crippen MR) is 106 cm³/mol. The molecule has 0 N–H and O–H groups in total. The zero-order chi connectivity index (χ0) is 21.0. The zero-order valence-corrected chi connectivity index (χ0v) is 16.9. The first-order valence-corrected chi connectivity index (χ1v) is 10.3. The number of fused-ring (bicyclic) bond motifs is 1. The normalized spacial score (nSPS) is 17.8. The maximum absolute atomic E-state index is 13.2. The standard InChI is InChI=1S/C21H21NO6S/c1-27-20(23)12-11-15-7-3-4-8-16(15)14-22-18(13-21(24)28-2)17-9-5-6-10-19(17)29(22,25)26/h3-12,18H,13-14H2,1-2H3/b12-11+/t18-/m0/s1. The van der Waals surface area contributed by atoms with E-state index < -0.39 is 28.0 Å². The third-order valence-electron chi connectivity index (χ3n) is 4.78. The van der Waals surface area contributed by atoms with Crippen LogP contribution < -0.4 is 0 Å². The van der Waals surface area contributed by atoms with Gasteiger partial charge in [0.1, 0.15) is 0 Å². The minimum atomic E-state index is -3.79. The van der Waals surface area contributed by atoms with Gasteiger partial charge in [0.05, 0.1) is 31.6 Å². The molecule has 1 aliphatic heterocycles. The second kappa shape index (κ2) is 8.59. The van der Waals surface area contributed by atoms with E-state index in [2.05, 4.69) is 4.74 Å². The summed E-state index contributed by atoms with van der Waals surface area (Å²) in [5, 5.41) is 0. The molecule has 152 valence electrons. The van der Waals surface area contributed by atoms with Gasteiger partial charge < -0.3 is 9.47 Å². The molecule has 1 aliphatic rings. The SMILES string of the molecule is COC(=O)/C=C/c1ccccc1CN1[C@@H](CC(=O)OC)c2ccccc2S1(=O)=O. The fraction of sp³-hybridized carbons (Fsp3) is 0.238. The second-order valence-electron chi connectivity index (χ2n) is 6.44. The van der Waals surface area contributed by atoms with E-state index in [4.69, 9.17) is 4.74 Å². The largest absolute Gasteiger partial charge is 0.469 e. The van der Waals surface area contributed by atoms with Gasteiger partial charge in [-0.2, -0.15) is 4.31 Å². The lowest BCUT2D eigenvalue weighted by Crippen LogP contribution is -2.29. The van der Waals surface area contributed by atoms with Crippen molar-refractivity contribution in [1.82, 2.24) is 4.31 Å². The van der Waals surface area contributed by atoms with Gasteiger partial charge in [0.25, 0.3) is 0 Å². The summed E-state index contributed by atoms with van der Waals surface area (Å²) in [6.07, 6.45) is 2.76. The Hall–Kier alpha value is -2.97. The van der Waals surface area contributed by atoms with E-state index in [-0.39, 0.29) is 17.9 Å². The van der Waals surface area contributed by atoms with Gasteiger partial charge >= 0.3 is 11.9 Å². The van der Waals surface area contributed by atoms with E-state index in [0.717, 1.165) is 0 Å². The topological polar surface area (TPSA) is 90.0 Å². The van der Waals surface area contributed by atoms with Crippen LogP contribution in [0, 0.1) is 0 Å². The van der Waals surface area contributed by atoms with Gasteiger partial charge in [-0.15, -0.1) is 0 Å². The van der Waals surface area contributed by atoms with Crippen LogP contribution in [0.3, 0.4) is 0 Å². The van der Waals surface area contributed by atoms with E-state index in [1.807, 2.05) is 0 Å². The van der Waals surface area contributed by atoms with Crippen molar-refractivity contribution in [2.24, 2.45) is 0 Å². The van der Waals surface area contributed by atoms with Crippen LogP contribution in [0.4, 0.5) is 0 Å². The number of rotatable bonds is 6. The van der Waals surface area contributed by atoms with Gasteiger partial charge in [-0.25, -0.2) is 13.2 Å². The highest BCUT2D eigenvalue weighted by molar-refractivity contribution is 7.89. The quantitative estimate of drug-likeness (QED) is 0.532. The fourth-order valence-electron chi connectivity index (χ4n) is 3.32. The average molecular weight is 415 g/mol. The Kier molecular flexibility index (Phi) is 6.14. The average Bonchev–Trinajstić information content (AvgIpc) is 2.94. The summed E-state index contributed by atoms with van der Waals surface area (Å²) in [5.41, 5.74) is 1.94. The highest BCUT2D eigenvalue weighted by Crippen LogP contribution is 2.42. The van der Waals surface area contributed by atoms with Crippen molar-refractivity contribution in [3.05, 3.63) is 71.3 Å². The Morgan fingerprint density at radius 3 is 2.45 bits per heavy atom. The molecule has 8 heteroatoms. The van der Waals surface area contributed by atoms with Crippen LogP contribution in [0.2, 0.25) is 0 Å². The molecular weight excluding hydrogens is 394 g/mol. The molecule has 1 atom stereocenters. The Bertz CT molecular complexity index is 1060. The lowest BCUT2D eigenvalue weighted by Gasteiger charge is -2.23. The van der Waals surface area contributed by atoms with Crippen molar-refractivity contribution in [3.8, 4) is 0 Å². The summed E-state index contributed by atoms with van der Waals surface area (Å²) in [6, 6.07) is 13.1. The molecule has 0 saturated heterocycles. The Balaban J connectivity index is 2.00.